The van der Waals surface area contributed by atoms with Crippen LogP contribution in [0.3, 0.4) is 0 Å². The minimum Gasteiger partial charge on any atom is -0.459 e. The molecule has 0 saturated carbocycles. The maximum atomic E-state index is 12.9. The summed E-state index contributed by atoms with van der Waals surface area (Å²) >= 11 is 0. The number of hydrogen-bond donors (Lipinski definition) is 0. The normalized spacial score (nSPS) is 15.1. The predicted molar refractivity (Wildman–Crippen MR) is 120 cm³/mol. The van der Waals surface area contributed by atoms with Crippen molar-refractivity contribution in [1.82, 2.24) is 0 Å². The van der Waals surface area contributed by atoms with Crippen LogP contribution >= 0.6 is 7.82 Å². The fourth-order valence-electron chi connectivity index (χ4n) is 1.45. The summed E-state index contributed by atoms with van der Waals surface area (Å²) in [6, 6.07) is 0. The van der Waals surface area contributed by atoms with Gasteiger partial charge in [-0.15, -0.1) is 14.0 Å². The molecule has 0 saturated heterocycles. The minimum absolute atomic E-state index is 0.167. The van der Waals surface area contributed by atoms with Crippen molar-refractivity contribution < 1.29 is 61.8 Å². The van der Waals surface area contributed by atoms with Crippen molar-refractivity contribution in [2.45, 2.75) is 59.9 Å². The number of rotatable bonds is 18. The third kappa shape index (κ3) is 15.3. The van der Waals surface area contributed by atoms with Crippen molar-refractivity contribution in [3.8, 4) is 0 Å². The van der Waals surface area contributed by atoms with Crippen molar-refractivity contribution in [3.05, 3.63) is 36.5 Å². The molecule has 0 radical (unpaired) electrons. The van der Waals surface area contributed by atoms with Crippen molar-refractivity contribution in [3.63, 3.8) is 0 Å². The second-order valence-electron chi connectivity index (χ2n) is 7.53. The lowest BCUT2D eigenvalue weighted by Crippen LogP contribution is -2.23. The van der Waals surface area contributed by atoms with Gasteiger partial charge in [0.15, 0.2) is 0 Å². The molecule has 0 aliphatic rings. The third-order valence-corrected chi connectivity index (χ3v) is 4.09. The van der Waals surface area contributed by atoms with E-state index >= 15 is 0 Å². The van der Waals surface area contributed by atoms with Gasteiger partial charge in [-0.1, -0.05) is 19.7 Å². The van der Waals surface area contributed by atoms with E-state index in [0.29, 0.717) is 0 Å². The molecule has 0 aromatic carbocycles. The Labute approximate surface area is 204 Å². The van der Waals surface area contributed by atoms with Crippen molar-refractivity contribution in [1.29, 1.82) is 0 Å². The van der Waals surface area contributed by atoms with Gasteiger partial charge in [0.05, 0.1) is 0 Å². The third-order valence-electron chi connectivity index (χ3n) is 3.29. The SMILES string of the molecule is C=C(C)C(=O)OCC(C)OOP(=O)(OOC(C)COC(=O)C(=C)C)OOC(C)COC(=O)C(=C)C. The van der Waals surface area contributed by atoms with Crippen LogP contribution < -0.4 is 0 Å². The molecule has 0 aliphatic heterocycles. The average molecular weight is 524 g/mol. The lowest BCUT2D eigenvalue weighted by atomic mass is 10.3. The Morgan fingerprint density at radius 2 is 0.829 bits per heavy atom. The number of esters is 3. The van der Waals surface area contributed by atoms with Crippen LogP contribution in [0.1, 0.15) is 41.5 Å². The lowest BCUT2D eigenvalue weighted by molar-refractivity contribution is -0.353. The van der Waals surface area contributed by atoms with Crippen LogP contribution in [0.25, 0.3) is 0 Å². The summed E-state index contributed by atoms with van der Waals surface area (Å²) in [6.07, 6.45) is -2.79. The van der Waals surface area contributed by atoms with Crippen molar-refractivity contribution in [2.75, 3.05) is 19.8 Å². The molecule has 0 amide bonds. The number of carbonyl (C=O) groups is 3. The number of carbonyl (C=O) groups excluding carboxylic acids is 3. The average Bonchev–Trinajstić information content (AvgIpc) is 2.80. The van der Waals surface area contributed by atoms with E-state index in [4.69, 9.17) is 42.9 Å². The van der Waals surface area contributed by atoms with Gasteiger partial charge in [0.1, 0.15) is 38.1 Å². The highest BCUT2D eigenvalue weighted by atomic mass is 31.2. The maximum absolute atomic E-state index is 12.9. The van der Waals surface area contributed by atoms with Gasteiger partial charge in [-0.25, -0.2) is 33.6 Å². The molecule has 0 spiro atoms. The second-order valence-corrected chi connectivity index (χ2v) is 8.87. The number of phosphoric acid groups is 1. The number of ether oxygens (including phenoxy) is 3. The summed E-state index contributed by atoms with van der Waals surface area (Å²) in [5.74, 6) is -2.00. The highest BCUT2D eigenvalue weighted by Crippen LogP contribution is 2.51. The van der Waals surface area contributed by atoms with Crippen LogP contribution in [0.5, 0.6) is 0 Å². The Morgan fingerprint density at radius 3 is 1.03 bits per heavy atom. The summed E-state index contributed by atoms with van der Waals surface area (Å²) < 4.78 is 41.7. The minimum atomic E-state index is -4.72. The van der Waals surface area contributed by atoms with E-state index in [1.54, 1.807) is 0 Å². The first-order chi connectivity index (χ1) is 16.2. The molecule has 0 heterocycles. The molecule has 0 bridgehead atoms. The highest BCUT2D eigenvalue weighted by molar-refractivity contribution is 7.48. The summed E-state index contributed by atoms with van der Waals surface area (Å²) in [4.78, 5) is 49.0. The monoisotopic (exact) mass is 524 g/mol. The molecular weight excluding hydrogens is 491 g/mol. The van der Waals surface area contributed by atoms with Crippen LogP contribution in [0.4, 0.5) is 0 Å². The topological polar surface area (TPSA) is 151 Å². The van der Waals surface area contributed by atoms with E-state index in [-0.39, 0.29) is 36.5 Å². The zero-order valence-corrected chi connectivity index (χ0v) is 21.6. The van der Waals surface area contributed by atoms with E-state index in [2.05, 4.69) is 19.7 Å². The standard InChI is InChI=1S/C21H33O13P/c1-13(2)19(22)26-10-16(7)29-32-35(25,33-30-17(8)11-27-20(23)14(3)4)34-31-18(9)12-28-21(24)15(5)6/h16-18H,1,3,5,10-12H2,2,4,6-9H3. The fourth-order valence-corrected chi connectivity index (χ4v) is 2.28. The van der Waals surface area contributed by atoms with Crippen LogP contribution in [-0.2, 0) is 61.8 Å². The second kappa shape index (κ2) is 16.3. The highest BCUT2D eigenvalue weighted by Gasteiger charge is 2.35. The van der Waals surface area contributed by atoms with E-state index in [0.717, 1.165) is 0 Å². The molecule has 35 heavy (non-hydrogen) atoms. The van der Waals surface area contributed by atoms with Crippen LogP contribution in [0.2, 0.25) is 0 Å². The van der Waals surface area contributed by atoms with Gasteiger partial charge < -0.3 is 14.2 Å². The Morgan fingerprint density at radius 1 is 0.600 bits per heavy atom. The van der Waals surface area contributed by atoms with Gasteiger partial charge in [-0.3, -0.25) is 0 Å². The van der Waals surface area contributed by atoms with E-state index in [1.807, 2.05) is 0 Å². The summed E-state index contributed by atoms with van der Waals surface area (Å²) in [5.41, 5.74) is 0.500. The summed E-state index contributed by atoms with van der Waals surface area (Å²) in [6.45, 7) is 18.1. The Balaban J connectivity index is 4.96. The molecular formula is C21H33O13P. The van der Waals surface area contributed by atoms with Gasteiger partial charge >= 0.3 is 25.7 Å². The lowest BCUT2D eigenvalue weighted by Gasteiger charge is -2.20. The van der Waals surface area contributed by atoms with Gasteiger partial charge in [0, 0.05) is 16.7 Å². The largest absolute Gasteiger partial charge is 0.556 e. The zero-order valence-electron chi connectivity index (χ0n) is 20.7. The molecule has 3 unspecified atom stereocenters. The zero-order chi connectivity index (χ0) is 27.2. The van der Waals surface area contributed by atoms with Crippen molar-refractivity contribution in [2.24, 2.45) is 0 Å². The van der Waals surface area contributed by atoms with Crippen LogP contribution in [0.15, 0.2) is 36.5 Å². The molecule has 13 nitrogen and oxygen atoms in total. The van der Waals surface area contributed by atoms with E-state index in [1.165, 1.54) is 41.5 Å². The van der Waals surface area contributed by atoms with Gasteiger partial charge in [0.25, 0.3) is 0 Å². The van der Waals surface area contributed by atoms with Crippen molar-refractivity contribution >= 4 is 25.7 Å². The molecule has 14 heteroatoms. The van der Waals surface area contributed by atoms with Gasteiger partial charge in [-0.05, 0) is 41.5 Å². The smallest absolute Gasteiger partial charge is 0.459 e. The van der Waals surface area contributed by atoms with E-state index in [9.17, 15) is 18.9 Å². The molecule has 200 valence electrons. The maximum Gasteiger partial charge on any atom is 0.556 e. The molecule has 0 aromatic heterocycles. The first-order valence-electron chi connectivity index (χ1n) is 10.3. The van der Waals surface area contributed by atoms with E-state index < -0.39 is 44.0 Å². The molecule has 0 aromatic rings. The molecule has 0 aliphatic carbocycles. The fraction of sp³-hybridized carbons (Fsp3) is 0.571. The summed E-state index contributed by atoms with van der Waals surface area (Å²) in [7, 11) is -4.72. The van der Waals surface area contributed by atoms with Gasteiger partial charge in [0.2, 0.25) is 0 Å². The molecule has 0 fully saturated rings. The van der Waals surface area contributed by atoms with Gasteiger partial charge in [-0.2, -0.15) is 0 Å². The summed E-state index contributed by atoms with van der Waals surface area (Å²) in [5, 5.41) is 0. The first-order valence-corrected chi connectivity index (χ1v) is 11.8. The number of hydrogen-bond acceptors (Lipinski definition) is 13. The Bertz CT molecular complexity index is 717. The predicted octanol–water partition coefficient (Wildman–Crippen LogP) is 3.46. The molecule has 0 rings (SSSR count). The molecule has 3 atom stereocenters. The first kappa shape index (κ1) is 32.6. The van der Waals surface area contributed by atoms with Crippen LogP contribution in [-0.4, -0.2) is 56.0 Å². The molecule has 0 N–H and O–H groups in total. The van der Waals surface area contributed by atoms with Crippen LogP contribution in [0, 0.1) is 0 Å². The quantitative estimate of drug-likeness (QED) is 0.0643. The Kier molecular flexibility index (Phi) is 15.2. The Hall–Kier alpha value is -2.38.